The second-order valence-corrected chi connectivity index (χ2v) is 6.45. The Morgan fingerprint density at radius 3 is 2.68 bits per heavy atom. The van der Waals surface area contributed by atoms with Gasteiger partial charge in [-0.2, -0.15) is 0 Å². The van der Waals surface area contributed by atoms with Gasteiger partial charge in [0.1, 0.15) is 0 Å². The number of hydrogen-bond acceptors (Lipinski definition) is 3. The van der Waals surface area contributed by atoms with Crippen molar-refractivity contribution in [2.75, 3.05) is 40.4 Å². The number of ether oxygens (including phenoxy) is 1. The van der Waals surface area contributed by atoms with E-state index in [2.05, 4.69) is 15.2 Å². The highest BCUT2D eigenvalue weighted by Crippen LogP contribution is 2.26. The van der Waals surface area contributed by atoms with Crippen LogP contribution in [0.25, 0.3) is 0 Å². The van der Waals surface area contributed by atoms with E-state index in [1.165, 1.54) is 32.1 Å². The van der Waals surface area contributed by atoms with Gasteiger partial charge in [0.05, 0.1) is 12.7 Å². The zero-order valence-electron chi connectivity index (χ0n) is 14.0. The third kappa shape index (κ3) is 5.85. The number of aliphatic imine (C=N–C) groups is 1. The molecular formula is C16H32IN3O2. The maximum absolute atomic E-state index is 10.3. The number of guanidine groups is 1. The summed E-state index contributed by atoms with van der Waals surface area (Å²) in [5, 5.41) is 13.7. The maximum atomic E-state index is 10.3. The fourth-order valence-corrected chi connectivity index (χ4v) is 3.61. The molecule has 1 saturated heterocycles. The van der Waals surface area contributed by atoms with Crippen LogP contribution < -0.4 is 5.32 Å². The number of methoxy groups -OCH3 is 1. The van der Waals surface area contributed by atoms with E-state index >= 15 is 0 Å². The van der Waals surface area contributed by atoms with Crippen molar-refractivity contribution < 1.29 is 9.84 Å². The summed E-state index contributed by atoms with van der Waals surface area (Å²) in [6.45, 7) is 3.45. The minimum atomic E-state index is -0.251. The molecule has 1 heterocycles. The predicted molar refractivity (Wildman–Crippen MR) is 101 cm³/mol. The molecule has 1 aliphatic heterocycles. The van der Waals surface area contributed by atoms with Gasteiger partial charge < -0.3 is 20.1 Å². The van der Waals surface area contributed by atoms with Gasteiger partial charge in [-0.1, -0.05) is 19.3 Å². The van der Waals surface area contributed by atoms with Crippen molar-refractivity contribution in [1.82, 2.24) is 10.2 Å². The topological polar surface area (TPSA) is 57.1 Å². The molecule has 22 heavy (non-hydrogen) atoms. The van der Waals surface area contributed by atoms with Crippen LogP contribution in [-0.4, -0.2) is 62.5 Å². The van der Waals surface area contributed by atoms with Gasteiger partial charge in [-0.25, -0.2) is 0 Å². The smallest absolute Gasteiger partial charge is 0.193 e. The first-order valence-electron chi connectivity index (χ1n) is 8.37. The Labute approximate surface area is 151 Å². The van der Waals surface area contributed by atoms with Crippen LogP contribution in [0.3, 0.4) is 0 Å². The number of rotatable bonds is 5. The molecule has 0 aromatic rings. The number of halogens is 1. The molecule has 0 spiro atoms. The number of aliphatic hydroxyl groups excluding tert-OH is 1. The number of aliphatic hydroxyl groups is 1. The third-order valence-electron chi connectivity index (χ3n) is 4.86. The fraction of sp³-hybridized carbons (Fsp3) is 0.938. The highest BCUT2D eigenvalue weighted by atomic mass is 127. The largest absolute Gasteiger partial charge is 0.391 e. The van der Waals surface area contributed by atoms with Gasteiger partial charge in [0, 0.05) is 39.7 Å². The second-order valence-electron chi connectivity index (χ2n) is 6.45. The lowest BCUT2D eigenvalue weighted by Gasteiger charge is -2.28. The summed E-state index contributed by atoms with van der Waals surface area (Å²) in [6.07, 6.45) is 7.09. The number of nitrogens with one attached hydrogen (secondary N) is 1. The van der Waals surface area contributed by atoms with Crippen LogP contribution in [0, 0.1) is 11.8 Å². The summed E-state index contributed by atoms with van der Waals surface area (Å²) in [5.41, 5.74) is 0. The third-order valence-corrected chi connectivity index (χ3v) is 4.86. The quantitative estimate of drug-likeness (QED) is 0.403. The van der Waals surface area contributed by atoms with Gasteiger partial charge in [-0.3, -0.25) is 4.99 Å². The summed E-state index contributed by atoms with van der Waals surface area (Å²) in [5.74, 6) is 1.98. The van der Waals surface area contributed by atoms with E-state index in [9.17, 15) is 5.11 Å². The van der Waals surface area contributed by atoms with Crippen molar-refractivity contribution in [3.63, 3.8) is 0 Å². The summed E-state index contributed by atoms with van der Waals surface area (Å²) in [7, 11) is 3.58. The lowest BCUT2D eigenvalue weighted by molar-refractivity contribution is 0.0874. The highest BCUT2D eigenvalue weighted by molar-refractivity contribution is 14.0. The Morgan fingerprint density at radius 1 is 1.32 bits per heavy atom. The normalized spacial score (nSPS) is 25.0. The summed E-state index contributed by atoms with van der Waals surface area (Å²) in [4.78, 5) is 6.64. The van der Waals surface area contributed by atoms with Crippen molar-refractivity contribution >= 4 is 29.9 Å². The first-order valence-corrected chi connectivity index (χ1v) is 8.37. The molecule has 1 saturated carbocycles. The van der Waals surface area contributed by atoms with Crippen molar-refractivity contribution in [3.8, 4) is 0 Å². The molecule has 0 aromatic heterocycles. The average molecular weight is 425 g/mol. The Bertz CT molecular complexity index is 335. The van der Waals surface area contributed by atoms with E-state index in [0.29, 0.717) is 18.4 Å². The van der Waals surface area contributed by atoms with Crippen molar-refractivity contribution in [2.24, 2.45) is 16.8 Å². The van der Waals surface area contributed by atoms with E-state index in [1.807, 2.05) is 7.05 Å². The molecule has 2 atom stereocenters. The zero-order chi connectivity index (χ0) is 15.1. The van der Waals surface area contributed by atoms with Gasteiger partial charge >= 0.3 is 0 Å². The first kappa shape index (κ1) is 20.0. The number of likely N-dealkylation sites (tertiary alicyclic amines) is 1. The molecule has 0 bridgehead atoms. The van der Waals surface area contributed by atoms with Crippen LogP contribution in [0.15, 0.2) is 4.99 Å². The molecule has 2 fully saturated rings. The van der Waals surface area contributed by atoms with E-state index in [-0.39, 0.29) is 30.1 Å². The molecule has 2 aliphatic rings. The van der Waals surface area contributed by atoms with Gasteiger partial charge in [0.25, 0.3) is 0 Å². The lowest BCUT2D eigenvalue weighted by atomic mass is 9.85. The summed E-state index contributed by atoms with van der Waals surface area (Å²) >= 11 is 0. The van der Waals surface area contributed by atoms with Gasteiger partial charge in [-0.05, 0) is 25.2 Å². The molecule has 6 heteroatoms. The molecule has 0 aromatic carbocycles. The summed E-state index contributed by atoms with van der Waals surface area (Å²) < 4.78 is 5.24. The molecule has 2 rings (SSSR count). The van der Waals surface area contributed by atoms with E-state index in [4.69, 9.17) is 4.74 Å². The monoisotopic (exact) mass is 425 g/mol. The van der Waals surface area contributed by atoms with Crippen LogP contribution in [-0.2, 0) is 4.74 Å². The molecule has 2 unspecified atom stereocenters. The fourth-order valence-electron chi connectivity index (χ4n) is 3.61. The molecule has 5 nitrogen and oxygen atoms in total. The van der Waals surface area contributed by atoms with Crippen LogP contribution >= 0.6 is 24.0 Å². The van der Waals surface area contributed by atoms with Gasteiger partial charge in [-0.15, -0.1) is 24.0 Å². The Hall–Kier alpha value is -0.0800. The van der Waals surface area contributed by atoms with Crippen LogP contribution in [0.1, 0.15) is 38.5 Å². The van der Waals surface area contributed by atoms with Gasteiger partial charge in [0.15, 0.2) is 5.96 Å². The molecule has 0 radical (unpaired) electrons. The second kappa shape index (κ2) is 10.6. The summed E-state index contributed by atoms with van der Waals surface area (Å²) in [6, 6.07) is 0. The highest BCUT2D eigenvalue weighted by Gasteiger charge is 2.26. The lowest BCUT2D eigenvalue weighted by Crippen LogP contribution is -2.44. The standard InChI is InChI=1S/C16H31N3O2.HI/c1-17-16(19-9-8-13(11-19)12-21-2)18-10-15(20)14-6-4-3-5-7-14;/h13-15,20H,3-12H2,1-2H3,(H,17,18);1H. The minimum Gasteiger partial charge on any atom is -0.391 e. The Morgan fingerprint density at radius 2 is 2.05 bits per heavy atom. The van der Waals surface area contributed by atoms with E-state index in [0.717, 1.165) is 32.1 Å². The first-order chi connectivity index (χ1) is 10.2. The predicted octanol–water partition coefficient (Wildman–Crippen LogP) is 2.09. The molecule has 1 aliphatic carbocycles. The zero-order valence-corrected chi connectivity index (χ0v) is 16.3. The van der Waals surface area contributed by atoms with Crippen LogP contribution in [0.4, 0.5) is 0 Å². The molecule has 130 valence electrons. The SMILES string of the molecule is CN=C(NCC(O)C1CCCCC1)N1CCC(COC)C1.I. The Kier molecular flexibility index (Phi) is 9.66. The Balaban J connectivity index is 0.00000242. The molecule has 2 N–H and O–H groups in total. The minimum absolute atomic E-state index is 0. The molecule has 0 amide bonds. The van der Waals surface area contributed by atoms with Crippen molar-refractivity contribution in [3.05, 3.63) is 0 Å². The van der Waals surface area contributed by atoms with Crippen LogP contribution in [0.5, 0.6) is 0 Å². The number of hydrogen-bond donors (Lipinski definition) is 2. The maximum Gasteiger partial charge on any atom is 0.193 e. The number of nitrogens with zero attached hydrogens (tertiary/aromatic N) is 2. The molecular weight excluding hydrogens is 393 g/mol. The average Bonchev–Trinajstić information content (AvgIpc) is 2.97. The van der Waals surface area contributed by atoms with E-state index < -0.39 is 0 Å². The van der Waals surface area contributed by atoms with Crippen LogP contribution in [0.2, 0.25) is 0 Å². The van der Waals surface area contributed by atoms with E-state index in [1.54, 1.807) is 7.11 Å². The van der Waals surface area contributed by atoms with Crippen molar-refractivity contribution in [2.45, 2.75) is 44.6 Å². The van der Waals surface area contributed by atoms with Crippen molar-refractivity contribution in [1.29, 1.82) is 0 Å². The van der Waals surface area contributed by atoms with Gasteiger partial charge in [0.2, 0.25) is 0 Å².